The molecule has 0 spiro atoms. The molecule has 2 heterocycles. The lowest BCUT2D eigenvalue weighted by atomic mass is 10.0. The van der Waals surface area contributed by atoms with Gasteiger partial charge in [-0.15, -0.1) is 0 Å². The van der Waals surface area contributed by atoms with Gasteiger partial charge in [-0.3, -0.25) is 19.2 Å². The van der Waals surface area contributed by atoms with E-state index in [9.17, 15) is 34.2 Å². The van der Waals surface area contributed by atoms with Crippen LogP contribution in [0.5, 0.6) is 5.75 Å². The summed E-state index contributed by atoms with van der Waals surface area (Å²) in [5, 5.41) is 29.1. The van der Waals surface area contributed by atoms with Gasteiger partial charge in [0.2, 0.25) is 23.6 Å². The van der Waals surface area contributed by atoms with Crippen molar-refractivity contribution in [3.63, 3.8) is 0 Å². The molecule has 5 rings (SSSR count). The third-order valence-electron chi connectivity index (χ3n) is 8.49. The Morgan fingerprint density at radius 2 is 1.16 bits per heavy atom. The second kappa shape index (κ2) is 15.8. The van der Waals surface area contributed by atoms with Crippen molar-refractivity contribution in [1.29, 1.82) is 0 Å². The molecule has 0 fully saturated rings. The number of phenolic OH excluding ortho intramolecular Hbond substituents is 1. The highest BCUT2D eigenvalue weighted by Crippen LogP contribution is 2.21. The molecule has 2 aromatic heterocycles. The van der Waals surface area contributed by atoms with Crippen molar-refractivity contribution in [3.8, 4) is 5.75 Å². The van der Waals surface area contributed by atoms with E-state index in [2.05, 4.69) is 25.9 Å². The first kappa shape index (κ1) is 35.2. The summed E-state index contributed by atoms with van der Waals surface area (Å²) in [6.45, 7) is 0. The minimum atomic E-state index is -1.34. The summed E-state index contributed by atoms with van der Waals surface area (Å²) in [7, 11) is 0. The summed E-state index contributed by atoms with van der Waals surface area (Å²) in [6, 6.07) is 15.8. The zero-order chi connectivity index (χ0) is 35.8. The lowest BCUT2D eigenvalue weighted by Gasteiger charge is -2.25. The normalized spacial score (nSPS) is 13.6. The maximum absolute atomic E-state index is 13.9. The number of nitrogens with one attached hydrogen (secondary N) is 5. The van der Waals surface area contributed by atoms with Crippen LogP contribution in [0.4, 0.5) is 0 Å². The molecule has 0 aliphatic heterocycles. The molecule has 4 unspecified atom stereocenters. The summed E-state index contributed by atoms with van der Waals surface area (Å²) in [4.78, 5) is 71.1. The number of aromatic nitrogens is 2. The molecule has 3 aromatic carbocycles. The van der Waals surface area contributed by atoms with Crippen LogP contribution in [0.1, 0.15) is 29.5 Å². The Kier molecular flexibility index (Phi) is 11.1. The van der Waals surface area contributed by atoms with E-state index < -0.39 is 53.8 Å². The fourth-order valence-electron chi connectivity index (χ4n) is 5.81. The maximum atomic E-state index is 13.9. The number of carboxylic acid groups (broad SMARTS) is 1. The number of hydrogen-bond acceptors (Lipinski definition) is 7. The average Bonchev–Trinajstić information content (AvgIpc) is 3.70. The summed E-state index contributed by atoms with van der Waals surface area (Å²) < 4.78 is 0. The third-order valence-corrected chi connectivity index (χ3v) is 8.49. The number of fused-ring (bicyclic) bond motifs is 2. The summed E-state index contributed by atoms with van der Waals surface area (Å²) >= 11 is 0. The van der Waals surface area contributed by atoms with Crippen LogP contribution in [0, 0.1) is 0 Å². The van der Waals surface area contributed by atoms with Crippen molar-refractivity contribution in [2.75, 3.05) is 0 Å². The number of carbonyl (C=O) groups is 5. The van der Waals surface area contributed by atoms with Crippen molar-refractivity contribution >= 4 is 51.4 Å². The van der Waals surface area contributed by atoms with Crippen LogP contribution in [0.15, 0.2) is 85.2 Å². The molecule has 0 bridgehead atoms. The first-order chi connectivity index (χ1) is 24.0. The number of aliphatic carboxylic acids is 1. The Morgan fingerprint density at radius 1 is 0.660 bits per heavy atom. The van der Waals surface area contributed by atoms with Crippen molar-refractivity contribution in [2.45, 2.75) is 56.3 Å². The molecule has 0 aliphatic carbocycles. The van der Waals surface area contributed by atoms with Crippen LogP contribution in [0.3, 0.4) is 0 Å². The molecule has 260 valence electrons. The second-order valence-electron chi connectivity index (χ2n) is 12.1. The molecule has 0 aliphatic rings. The molecule has 5 aromatic rings. The zero-order valence-electron chi connectivity index (χ0n) is 27.0. The van der Waals surface area contributed by atoms with Crippen molar-refractivity contribution in [2.24, 2.45) is 11.5 Å². The van der Waals surface area contributed by atoms with Crippen LogP contribution in [-0.2, 0) is 43.2 Å². The van der Waals surface area contributed by atoms with Crippen LogP contribution >= 0.6 is 0 Å². The average molecular weight is 682 g/mol. The number of aromatic hydroxyl groups is 1. The Bertz CT molecular complexity index is 2000. The zero-order valence-corrected chi connectivity index (χ0v) is 27.0. The van der Waals surface area contributed by atoms with Gasteiger partial charge < -0.3 is 47.6 Å². The van der Waals surface area contributed by atoms with E-state index in [0.717, 1.165) is 21.8 Å². The topological polar surface area (TPSA) is 246 Å². The molecule has 0 saturated carbocycles. The molecular weight excluding hydrogens is 642 g/mol. The largest absolute Gasteiger partial charge is 0.508 e. The van der Waals surface area contributed by atoms with Crippen LogP contribution in [0.2, 0.25) is 0 Å². The number of carboxylic acids is 1. The van der Waals surface area contributed by atoms with Crippen LogP contribution in [0.25, 0.3) is 21.8 Å². The smallest absolute Gasteiger partial charge is 0.326 e. The van der Waals surface area contributed by atoms with E-state index in [1.165, 1.54) is 12.1 Å². The molecule has 4 amide bonds. The second-order valence-corrected chi connectivity index (χ2v) is 12.1. The van der Waals surface area contributed by atoms with Gasteiger partial charge in [0.05, 0.1) is 6.04 Å². The van der Waals surface area contributed by atoms with E-state index >= 15 is 0 Å². The highest BCUT2D eigenvalue weighted by molar-refractivity contribution is 5.95. The van der Waals surface area contributed by atoms with Gasteiger partial charge in [0, 0.05) is 53.5 Å². The number of amides is 4. The number of primary amides is 1. The lowest BCUT2D eigenvalue weighted by Crippen LogP contribution is -2.58. The van der Waals surface area contributed by atoms with E-state index in [1.54, 1.807) is 24.5 Å². The Balaban J connectivity index is 1.36. The molecule has 11 N–H and O–H groups in total. The molecule has 4 atom stereocenters. The van der Waals surface area contributed by atoms with Gasteiger partial charge in [0.25, 0.3) is 0 Å². The highest BCUT2D eigenvalue weighted by Gasteiger charge is 2.31. The lowest BCUT2D eigenvalue weighted by molar-refractivity contribution is -0.142. The molecule has 0 saturated heterocycles. The van der Waals surface area contributed by atoms with Gasteiger partial charge in [-0.05, 0) is 53.8 Å². The van der Waals surface area contributed by atoms with E-state index in [0.29, 0.717) is 16.7 Å². The molecule has 14 nitrogen and oxygen atoms in total. The van der Waals surface area contributed by atoms with Gasteiger partial charge in [-0.1, -0.05) is 48.5 Å². The number of nitrogens with two attached hydrogens (primary N) is 2. The number of rotatable bonds is 16. The van der Waals surface area contributed by atoms with Gasteiger partial charge in [0.15, 0.2) is 0 Å². The van der Waals surface area contributed by atoms with Crippen molar-refractivity contribution in [1.82, 2.24) is 25.9 Å². The Labute approximate surface area is 286 Å². The monoisotopic (exact) mass is 681 g/mol. The predicted octanol–water partition coefficient (Wildman–Crippen LogP) is 1.51. The van der Waals surface area contributed by atoms with Gasteiger partial charge in [0.1, 0.15) is 23.9 Å². The number of aromatic amines is 2. The Morgan fingerprint density at radius 3 is 1.72 bits per heavy atom. The number of hydrogen-bond donors (Lipinski definition) is 9. The molecule has 50 heavy (non-hydrogen) atoms. The minimum Gasteiger partial charge on any atom is -0.508 e. The SMILES string of the molecule is NC(=O)CCC(NC(=O)C(N)Cc1ccc(O)cc1)C(=O)NC(Cc1c[nH]c2ccccc12)C(=O)NC(Cc1c[nH]c2ccccc12)C(=O)O. The third kappa shape index (κ3) is 8.85. The number of phenols is 1. The Hall–Kier alpha value is -6.15. The number of benzene rings is 3. The summed E-state index contributed by atoms with van der Waals surface area (Å²) in [6.07, 6.45) is 2.99. The van der Waals surface area contributed by atoms with E-state index in [1.807, 2.05) is 48.5 Å². The minimum absolute atomic E-state index is 0.0299. The summed E-state index contributed by atoms with van der Waals surface area (Å²) in [5.41, 5.74) is 15.1. The number of carbonyl (C=O) groups excluding carboxylic acids is 4. The van der Waals surface area contributed by atoms with Crippen molar-refractivity contribution < 1.29 is 34.2 Å². The maximum Gasteiger partial charge on any atom is 0.326 e. The van der Waals surface area contributed by atoms with Crippen LogP contribution < -0.4 is 27.4 Å². The standard InChI is InChI=1S/C36H39N7O7/c37-26(15-20-9-11-23(44)12-10-20)33(46)41-29(13-14-32(38)45)34(47)42-30(16-21-18-39-27-7-3-1-5-24(21)27)35(48)43-31(36(49)50)17-22-19-40-28-8-4-2-6-25(22)28/h1-12,18-19,26,29-31,39-40,44H,13-17,37H2,(H2,38,45)(H,41,46)(H,42,47)(H,43,48)(H,49,50). The highest BCUT2D eigenvalue weighted by atomic mass is 16.4. The van der Waals surface area contributed by atoms with Crippen molar-refractivity contribution in [3.05, 3.63) is 102 Å². The molecule has 0 radical (unpaired) electrons. The first-order valence-electron chi connectivity index (χ1n) is 16.0. The number of para-hydroxylation sites is 2. The van der Waals surface area contributed by atoms with E-state index in [-0.39, 0.29) is 37.9 Å². The molecule has 14 heteroatoms. The fraction of sp³-hybridized carbons (Fsp3) is 0.250. The molecular formula is C36H39N7O7. The van der Waals surface area contributed by atoms with Crippen LogP contribution in [-0.4, -0.2) is 73.9 Å². The van der Waals surface area contributed by atoms with Gasteiger partial charge in [-0.2, -0.15) is 0 Å². The summed E-state index contributed by atoms with van der Waals surface area (Å²) in [5.74, 6) is -4.17. The van der Waals surface area contributed by atoms with E-state index in [4.69, 9.17) is 11.5 Å². The van der Waals surface area contributed by atoms with Gasteiger partial charge in [-0.25, -0.2) is 4.79 Å². The predicted molar refractivity (Wildman–Crippen MR) is 186 cm³/mol. The number of H-pyrrole nitrogens is 2. The van der Waals surface area contributed by atoms with Gasteiger partial charge >= 0.3 is 5.97 Å². The quantitative estimate of drug-likeness (QED) is 0.0737. The first-order valence-corrected chi connectivity index (χ1v) is 16.0. The fourth-order valence-corrected chi connectivity index (χ4v) is 5.81.